The van der Waals surface area contributed by atoms with E-state index in [0.29, 0.717) is 26.3 Å². The smallest absolute Gasteiger partial charge is 0.264 e. The molecule has 7 nitrogen and oxygen atoms in total. The van der Waals surface area contributed by atoms with Crippen molar-refractivity contribution in [2.45, 2.75) is 62.6 Å². The predicted octanol–water partition coefficient (Wildman–Crippen LogP) is 7.85. The van der Waals surface area contributed by atoms with E-state index in [1.54, 1.807) is 42.5 Å². The summed E-state index contributed by atoms with van der Waals surface area (Å²) in [5, 5.41) is 4.30. The van der Waals surface area contributed by atoms with Crippen LogP contribution < -0.4 is 9.62 Å². The number of rotatable bonds is 12. The topological polar surface area (TPSA) is 86.8 Å². The largest absolute Gasteiger partial charge is 0.352 e. The van der Waals surface area contributed by atoms with Crippen molar-refractivity contribution in [2.75, 3.05) is 10.8 Å². The van der Waals surface area contributed by atoms with Gasteiger partial charge in [0.05, 0.1) is 10.6 Å². The molecule has 11 heteroatoms. The molecule has 1 N–H and O–H groups in total. The molecule has 0 saturated heterocycles. The molecule has 2 amide bonds. The number of amides is 2. The van der Waals surface area contributed by atoms with Gasteiger partial charge in [-0.2, -0.15) is 0 Å². The van der Waals surface area contributed by atoms with Crippen molar-refractivity contribution in [1.29, 1.82) is 0 Å². The van der Waals surface area contributed by atoms with Crippen LogP contribution in [-0.2, 0) is 32.6 Å². The van der Waals surface area contributed by atoms with Crippen molar-refractivity contribution in [2.24, 2.45) is 0 Å². The van der Waals surface area contributed by atoms with E-state index in [0.717, 1.165) is 41.1 Å². The predicted molar refractivity (Wildman–Crippen MR) is 189 cm³/mol. The zero-order valence-electron chi connectivity index (χ0n) is 25.9. The van der Waals surface area contributed by atoms with Crippen LogP contribution in [0.2, 0.25) is 15.1 Å². The van der Waals surface area contributed by atoms with E-state index in [4.69, 9.17) is 34.8 Å². The fraction of sp³-hybridized carbons (Fsp3) is 0.278. The minimum atomic E-state index is -4.24. The highest BCUT2D eigenvalue weighted by Crippen LogP contribution is 2.28. The molecule has 1 aliphatic carbocycles. The van der Waals surface area contributed by atoms with Gasteiger partial charge in [-0.05, 0) is 79.4 Å². The van der Waals surface area contributed by atoms with E-state index in [9.17, 15) is 18.0 Å². The third-order valence-corrected chi connectivity index (χ3v) is 11.0. The van der Waals surface area contributed by atoms with Gasteiger partial charge < -0.3 is 10.2 Å². The summed E-state index contributed by atoms with van der Waals surface area (Å²) in [7, 11) is -4.24. The lowest BCUT2D eigenvalue weighted by Gasteiger charge is -2.34. The Labute approximate surface area is 291 Å². The highest BCUT2D eigenvalue weighted by Gasteiger charge is 2.36. The Bertz CT molecular complexity index is 1800. The molecule has 5 rings (SSSR count). The summed E-state index contributed by atoms with van der Waals surface area (Å²) in [6.45, 7) is 1.27. The lowest BCUT2D eigenvalue weighted by Crippen LogP contribution is -2.54. The number of aryl methyl sites for hydroxylation is 1. The number of anilines is 1. The zero-order chi connectivity index (χ0) is 33.6. The van der Waals surface area contributed by atoms with Crippen LogP contribution in [0.4, 0.5) is 5.69 Å². The summed E-state index contributed by atoms with van der Waals surface area (Å²) in [4.78, 5) is 30.2. The van der Waals surface area contributed by atoms with Gasteiger partial charge in [0.15, 0.2) is 0 Å². The zero-order valence-corrected chi connectivity index (χ0v) is 29.0. The first kappa shape index (κ1) is 34.8. The molecule has 0 radical (unpaired) electrons. The minimum Gasteiger partial charge on any atom is -0.352 e. The number of sulfonamides is 1. The average molecular weight is 713 g/mol. The molecule has 0 heterocycles. The van der Waals surface area contributed by atoms with Crippen LogP contribution in [0.25, 0.3) is 0 Å². The fourth-order valence-corrected chi connectivity index (χ4v) is 7.74. The number of carbonyl (C=O) groups is 2. The molecule has 0 aliphatic heterocycles. The first-order valence-corrected chi connectivity index (χ1v) is 18.0. The second-order valence-electron chi connectivity index (χ2n) is 11.8. The monoisotopic (exact) mass is 711 g/mol. The van der Waals surface area contributed by atoms with E-state index in [1.165, 1.54) is 29.2 Å². The Morgan fingerprint density at radius 1 is 0.851 bits per heavy atom. The highest BCUT2D eigenvalue weighted by atomic mass is 35.5. The van der Waals surface area contributed by atoms with Crippen LogP contribution in [0.1, 0.15) is 42.4 Å². The molecule has 4 aromatic rings. The van der Waals surface area contributed by atoms with Crippen LogP contribution in [0.5, 0.6) is 0 Å². The van der Waals surface area contributed by atoms with Gasteiger partial charge >= 0.3 is 0 Å². The minimum absolute atomic E-state index is 0.00573. The molecular weight excluding hydrogens is 677 g/mol. The molecule has 1 aliphatic rings. The van der Waals surface area contributed by atoms with E-state index in [2.05, 4.69) is 5.32 Å². The van der Waals surface area contributed by atoms with Crippen LogP contribution in [0.15, 0.2) is 102 Å². The molecule has 1 atom stereocenters. The number of hydrogen-bond acceptors (Lipinski definition) is 4. The number of halogens is 3. The average Bonchev–Trinajstić information content (AvgIpc) is 3.56. The van der Waals surface area contributed by atoms with Gasteiger partial charge in [-0.3, -0.25) is 13.9 Å². The lowest BCUT2D eigenvalue weighted by molar-refractivity contribution is -0.140. The molecule has 0 bridgehead atoms. The van der Waals surface area contributed by atoms with Gasteiger partial charge in [-0.15, -0.1) is 0 Å². The summed E-state index contributed by atoms with van der Waals surface area (Å²) in [5.41, 5.74) is 2.65. The Balaban J connectivity index is 1.58. The van der Waals surface area contributed by atoms with Gasteiger partial charge in [0, 0.05) is 34.1 Å². The Morgan fingerprint density at radius 3 is 2.13 bits per heavy atom. The molecule has 0 aromatic heterocycles. The SMILES string of the molecule is Cc1ccc(N(CC(=O)N(Cc2ccc(Cl)cc2Cl)[C@H](Cc2ccccc2)C(=O)NC2CCCC2)S(=O)(=O)c2ccc(Cl)cc2)cc1. The molecule has 246 valence electrons. The van der Waals surface area contributed by atoms with Crippen molar-refractivity contribution in [3.8, 4) is 0 Å². The van der Waals surface area contributed by atoms with Gasteiger partial charge in [-0.25, -0.2) is 8.42 Å². The van der Waals surface area contributed by atoms with Gasteiger partial charge in [0.2, 0.25) is 11.8 Å². The standard InChI is InChI=1S/C36H36Cl3N3O4S/c1-25-11-17-31(18-12-25)42(47(45,46)32-19-15-28(37)16-20-32)24-35(43)41(23-27-13-14-29(38)22-33(27)39)34(21-26-7-3-2-4-8-26)36(44)40-30-9-5-6-10-30/h2-4,7-8,11-20,22,30,34H,5-6,9-10,21,23-24H2,1H3,(H,40,44)/t34-/m1/s1. The Kier molecular flexibility index (Phi) is 11.5. The molecule has 1 saturated carbocycles. The maximum Gasteiger partial charge on any atom is 0.264 e. The summed E-state index contributed by atoms with van der Waals surface area (Å²) < 4.78 is 29.4. The summed E-state index contributed by atoms with van der Waals surface area (Å²) in [6, 6.07) is 26.1. The van der Waals surface area contributed by atoms with Gasteiger partial charge in [0.25, 0.3) is 10.0 Å². The van der Waals surface area contributed by atoms with Crippen molar-refractivity contribution in [3.05, 3.63) is 129 Å². The van der Waals surface area contributed by atoms with Crippen molar-refractivity contribution >= 4 is 62.3 Å². The first-order valence-electron chi connectivity index (χ1n) is 15.4. The molecular formula is C36H36Cl3N3O4S. The number of carbonyl (C=O) groups excluding carboxylic acids is 2. The highest BCUT2D eigenvalue weighted by molar-refractivity contribution is 7.92. The van der Waals surface area contributed by atoms with Crippen LogP contribution in [0.3, 0.4) is 0 Å². The Hall–Kier alpha value is -3.56. The van der Waals surface area contributed by atoms with Crippen LogP contribution in [0, 0.1) is 6.92 Å². The molecule has 47 heavy (non-hydrogen) atoms. The quantitative estimate of drug-likeness (QED) is 0.162. The van der Waals surface area contributed by atoms with Crippen molar-refractivity contribution < 1.29 is 18.0 Å². The third kappa shape index (κ3) is 8.87. The summed E-state index contributed by atoms with van der Waals surface area (Å²) >= 11 is 18.9. The van der Waals surface area contributed by atoms with Crippen molar-refractivity contribution in [1.82, 2.24) is 10.2 Å². The third-order valence-electron chi connectivity index (χ3n) is 8.33. The van der Waals surface area contributed by atoms with E-state index in [1.807, 2.05) is 37.3 Å². The number of nitrogens with one attached hydrogen (secondary N) is 1. The van der Waals surface area contributed by atoms with Crippen molar-refractivity contribution in [3.63, 3.8) is 0 Å². The summed E-state index contributed by atoms with van der Waals surface area (Å²) in [5.74, 6) is -0.877. The maximum atomic E-state index is 14.6. The first-order chi connectivity index (χ1) is 22.5. The lowest BCUT2D eigenvalue weighted by atomic mass is 10.0. The second kappa shape index (κ2) is 15.6. The van der Waals surface area contributed by atoms with E-state index >= 15 is 0 Å². The van der Waals surface area contributed by atoms with Gasteiger partial charge in [0.1, 0.15) is 12.6 Å². The van der Waals surface area contributed by atoms with E-state index < -0.39 is 28.5 Å². The second-order valence-corrected chi connectivity index (χ2v) is 14.9. The number of benzene rings is 4. The fourth-order valence-electron chi connectivity index (χ4n) is 5.73. The summed E-state index contributed by atoms with van der Waals surface area (Å²) in [6.07, 6.45) is 3.98. The van der Waals surface area contributed by atoms with Gasteiger partial charge in [-0.1, -0.05) is 102 Å². The maximum absolute atomic E-state index is 14.6. The van der Waals surface area contributed by atoms with E-state index in [-0.39, 0.29) is 29.8 Å². The number of nitrogens with zero attached hydrogens (tertiary/aromatic N) is 2. The van der Waals surface area contributed by atoms with Crippen LogP contribution in [-0.4, -0.2) is 43.8 Å². The molecule has 0 unspecified atom stereocenters. The molecule has 1 fully saturated rings. The molecule has 4 aromatic carbocycles. The Morgan fingerprint density at radius 2 is 1.49 bits per heavy atom. The number of hydrogen-bond donors (Lipinski definition) is 1. The molecule has 0 spiro atoms. The normalized spacial score (nSPS) is 14.0. The van der Waals surface area contributed by atoms with Crippen LogP contribution >= 0.6 is 34.8 Å².